The van der Waals surface area contributed by atoms with Gasteiger partial charge in [0.2, 0.25) is 0 Å². The molecule has 2 heterocycles. The summed E-state index contributed by atoms with van der Waals surface area (Å²) >= 11 is 4.92. The molecule has 1 aliphatic rings. The monoisotopic (exact) mass is 301 g/mol. The number of carbonyl (C=O) groups excluding carboxylic acids is 1. The number of nitrogens with zero attached hydrogens (tertiary/aromatic N) is 1. The lowest BCUT2D eigenvalue weighted by atomic mass is 9.97. The Hall–Kier alpha value is -0.350. The van der Waals surface area contributed by atoms with E-state index in [9.17, 15) is 4.79 Å². The van der Waals surface area contributed by atoms with Crippen LogP contribution in [0, 0.1) is 0 Å². The molecule has 1 saturated heterocycles. The molecular formula is C12H16BrNOS. The fraction of sp³-hybridized carbons (Fsp3) is 0.583. The standard InChI is InChI=1S/C12H16BrNOS/c1-8-4-3-5-9(2)14(8)12(15)10-6-7-11(13)16-10/h6-9H,3-5H2,1-2H3/t8-,9-/m1/s1. The molecular weight excluding hydrogens is 286 g/mol. The van der Waals surface area contributed by atoms with Gasteiger partial charge in [-0.3, -0.25) is 4.79 Å². The van der Waals surface area contributed by atoms with Crippen molar-refractivity contribution in [2.45, 2.75) is 45.2 Å². The van der Waals surface area contributed by atoms with E-state index >= 15 is 0 Å². The molecule has 0 bridgehead atoms. The highest BCUT2D eigenvalue weighted by Gasteiger charge is 2.30. The Morgan fingerprint density at radius 3 is 2.50 bits per heavy atom. The summed E-state index contributed by atoms with van der Waals surface area (Å²) in [5, 5.41) is 0. The zero-order valence-corrected chi connectivity index (χ0v) is 12.0. The first-order chi connectivity index (χ1) is 7.59. The van der Waals surface area contributed by atoms with E-state index in [0.717, 1.165) is 21.5 Å². The van der Waals surface area contributed by atoms with E-state index in [1.165, 1.54) is 17.8 Å². The van der Waals surface area contributed by atoms with Gasteiger partial charge in [0.05, 0.1) is 8.66 Å². The molecule has 1 aromatic rings. The van der Waals surface area contributed by atoms with Crippen molar-refractivity contribution >= 4 is 33.2 Å². The molecule has 0 spiro atoms. The molecule has 1 aliphatic heterocycles. The van der Waals surface area contributed by atoms with E-state index < -0.39 is 0 Å². The summed E-state index contributed by atoms with van der Waals surface area (Å²) in [5.41, 5.74) is 0. The van der Waals surface area contributed by atoms with Crippen LogP contribution in [0.25, 0.3) is 0 Å². The highest BCUT2D eigenvalue weighted by Crippen LogP contribution is 2.28. The Balaban J connectivity index is 2.19. The molecule has 0 saturated carbocycles. The zero-order valence-electron chi connectivity index (χ0n) is 9.57. The van der Waals surface area contributed by atoms with Crippen LogP contribution >= 0.6 is 27.3 Å². The molecule has 0 aromatic carbocycles. The third-order valence-corrected chi connectivity index (χ3v) is 4.82. The third-order valence-electron chi connectivity index (χ3n) is 3.21. The lowest BCUT2D eigenvalue weighted by molar-refractivity contribution is 0.0516. The largest absolute Gasteiger partial charge is 0.333 e. The van der Waals surface area contributed by atoms with Crippen LogP contribution in [-0.2, 0) is 0 Å². The Kier molecular flexibility index (Phi) is 3.70. The van der Waals surface area contributed by atoms with Crippen molar-refractivity contribution in [1.29, 1.82) is 0 Å². The Morgan fingerprint density at radius 2 is 2.00 bits per heavy atom. The topological polar surface area (TPSA) is 20.3 Å². The molecule has 1 amide bonds. The maximum absolute atomic E-state index is 12.3. The number of thiophene rings is 1. The summed E-state index contributed by atoms with van der Waals surface area (Å²) in [4.78, 5) is 15.2. The lowest BCUT2D eigenvalue weighted by Gasteiger charge is -2.38. The molecule has 0 unspecified atom stereocenters. The van der Waals surface area contributed by atoms with Gasteiger partial charge in [0, 0.05) is 12.1 Å². The summed E-state index contributed by atoms with van der Waals surface area (Å²) in [5.74, 6) is 0.190. The van der Waals surface area contributed by atoms with Gasteiger partial charge in [-0.05, 0) is 61.2 Å². The van der Waals surface area contributed by atoms with Gasteiger partial charge in [-0.15, -0.1) is 11.3 Å². The second kappa shape index (κ2) is 4.88. The molecule has 2 rings (SSSR count). The molecule has 0 aliphatic carbocycles. The van der Waals surface area contributed by atoms with Crippen LogP contribution in [0.1, 0.15) is 42.8 Å². The van der Waals surface area contributed by atoms with E-state index in [0.29, 0.717) is 12.1 Å². The highest BCUT2D eigenvalue weighted by molar-refractivity contribution is 9.11. The summed E-state index contributed by atoms with van der Waals surface area (Å²) in [6.07, 6.45) is 3.49. The number of hydrogen-bond donors (Lipinski definition) is 0. The van der Waals surface area contributed by atoms with E-state index in [4.69, 9.17) is 0 Å². The van der Waals surface area contributed by atoms with Crippen molar-refractivity contribution < 1.29 is 4.79 Å². The first kappa shape index (κ1) is 12.1. The van der Waals surface area contributed by atoms with Crippen LogP contribution < -0.4 is 0 Å². The van der Waals surface area contributed by atoms with Gasteiger partial charge in [-0.25, -0.2) is 0 Å². The molecule has 4 heteroatoms. The molecule has 0 N–H and O–H groups in total. The molecule has 0 radical (unpaired) electrons. The summed E-state index contributed by atoms with van der Waals surface area (Å²) in [7, 11) is 0. The Morgan fingerprint density at radius 1 is 1.38 bits per heavy atom. The molecule has 1 fully saturated rings. The average molecular weight is 302 g/mol. The zero-order chi connectivity index (χ0) is 11.7. The van der Waals surface area contributed by atoms with Crippen LogP contribution in [0.15, 0.2) is 15.9 Å². The van der Waals surface area contributed by atoms with Gasteiger partial charge >= 0.3 is 0 Å². The van der Waals surface area contributed by atoms with E-state index in [1.807, 2.05) is 17.0 Å². The average Bonchev–Trinajstić information content (AvgIpc) is 2.64. The predicted octanol–water partition coefficient (Wildman–Crippen LogP) is 3.91. The minimum Gasteiger partial charge on any atom is -0.333 e. The molecule has 16 heavy (non-hydrogen) atoms. The van der Waals surface area contributed by atoms with Gasteiger partial charge < -0.3 is 4.90 Å². The highest BCUT2D eigenvalue weighted by atomic mass is 79.9. The maximum Gasteiger partial charge on any atom is 0.264 e. The molecule has 88 valence electrons. The van der Waals surface area contributed by atoms with Crippen molar-refractivity contribution in [3.8, 4) is 0 Å². The SMILES string of the molecule is C[C@@H]1CCC[C@@H](C)N1C(=O)c1ccc(Br)s1. The normalized spacial score (nSPS) is 25.8. The van der Waals surface area contributed by atoms with Crippen LogP contribution in [-0.4, -0.2) is 22.9 Å². The van der Waals surface area contributed by atoms with E-state index in [1.54, 1.807) is 0 Å². The van der Waals surface area contributed by atoms with Gasteiger partial charge in [-0.1, -0.05) is 0 Å². The van der Waals surface area contributed by atoms with Gasteiger partial charge in [0.1, 0.15) is 0 Å². The van der Waals surface area contributed by atoms with Crippen LogP contribution in [0.4, 0.5) is 0 Å². The minimum absolute atomic E-state index is 0.190. The molecule has 2 atom stereocenters. The van der Waals surface area contributed by atoms with E-state index in [-0.39, 0.29) is 5.91 Å². The first-order valence-corrected chi connectivity index (χ1v) is 7.28. The minimum atomic E-state index is 0.190. The molecule has 1 aromatic heterocycles. The number of hydrogen-bond acceptors (Lipinski definition) is 2. The van der Waals surface area contributed by atoms with Gasteiger partial charge in [-0.2, -0.15) is 0 Å². The second-order valence-electron chi connectivity index (χ2n) is 4.45. The van der Waals surface area contributed by atoms with Crippen molar-refractivity contribution in [3.63, 3.8) is 0 Å². The van der Waals surface area contributed by atoms with Crippen LogP contribution in [0.2, 0.25) is 0 Å². The van der Waals surface area contributed by atoms with Gasteiger partial charge in [0.15, 0.2) is 0 Å². The van der Waals surface area contributed by atoms with Crippen LogP contribution in [0.3, 0.4) is 0 Å². The maximum atomic E-state index is 12.3. The predicted molar refractivity (Wildman–Crippen MR) is 71.0 cm³/mol. The summed E-state index contributed by atoms with van der Waals surface area (Å²) in [6.45, 7) is 4.30. The fourth-order valence-corrected chi connectivity index (χ4v) is 3.71. The number of carbonyl (C=O) groups is 1. The van der Waals surface area contributed by atoms with Crippen molar-refractivity contribution in [3.05, 3.63) is 20.8 Å². The number of likely N-dealkylation sites (tertiary alicyclic amines) is 1. The van der Waals surface area contributed by atoms with Crippen molar-refractivity contribution in [1.82, 2.24) is 4.90 Å². The summed E-state index contributed by atoms with van der Waals surface area (Å²) in [6, 6.07) is 4.59. The Labute approximate surface area is 109 Å². The second-order valence-corrected chi connectivity index (χ2v) is 6.91. The Bertz CT molecular complexity index is 380. The van der Waals surface area contributed by atoms with Crippen molar-refractivity contribution in [2.75, 3.05) is 0 Å². The fourth-order valence-electron chi connectivity index (χ4n) is 2.38. The number of halogens is 1. The summed E-state index contributed by atoms with van der Waals surface area (Å²) < 4.78 is 1.02. The smallest absolute Gasteiger partial charge is 0.264 e. The third kappa shape index (κ3) is 2.33. The quantitative estimate of drug-likeness (QED) is 0.770. The number of rotatable bonds is 1. The van der Waals surface area contributed by atoms with Gasteiger partial charge in [0.25, 0.3) is 5.91 Å². The van der Waals surface area contributed by atoms with E-state index in [2.05, 4.69) is 29.8 Å². The number of piperidine rings is 1. The first-order valence-electron chi connectivity index (χ1n) is 5.67. The van der Waals surface area contributed by atoms with Crippen molar-refractivity contribution in [2.24, 2.45) is 0 Å². The number of amides is 1. The van der Waals surface area contributed by atoms with Crippen LogP contribution in [0.5, 0.6) is 0 Å². The lowest BCUT2D eigenvalue weighted by Crippen LogP contribution is -2.47. The molecule has 2 nitrogen and oxygen atoms in total.